The van der Waals surface area contributed by atoms with Gasteiger partial charge in [-0.2, -0.15) is 11.8 Å². The van der Waals surface area contributed by atoms with Crippen LogP contribution >= 0.6 is 11.8 Å². The lowest BCUT2D eigenvalue weighted by atomic mass is 10.0. The summed E-state index contributed by atoms with van der Waals surface area (Å²) in [5.74, 6) is -3.51. The first-order valence-electron chi connectivity index (χ1n) is 11.5. The van der Waals surface area contributed by atoms with E-state index < -0.39 is 60.2 Å². The first-order chi connectivity index (χ1) is 17.1. The Kier molecular flexibility index (Phi) is 11.5. The van der Waals surface area contributed by atoms with Gasteiger partial charge in [0.1, 0.15) is 23.9 Å². The average Bonchev–Trinajstić information content (AvgIpc) is 3.37. The number of carboxylic acids is 1. The predicted octanol–water partition coefficient (Wildman–Crippen LogP) is -1.15. The van der Waals surface area contributed by atoms with E-state index in [1.165, 1.54) is 23.9 Å². The Morgan fingerprint density at radius 3 is 2.25 bits per heavy atom. The van der Waals surface area contributed by atoms with Crippen LogP contribution in [0, 0.1) is 0 Å². The molecule has 1 aromatic rings. The van der Waals surface area contributed by atoms with Crippen LogP contribution in [-0.4, -0.2) is 82.5 Å². The van der Waals surface area contributed by atoms with Crippen molar-refractivity contribution in [3.8, 4) is 5.75 Å². The normalized spacial score (nSPS) is 17.4. The lowest BCUT2D eigenvalue weighted by Gasteiger charge is -2.25. The fourth-order valence-electron chi connectivity index (χ4n) is 3.71. The summed E-state index contributed by atoms with van der Waals surface area (Å²) < 4.78 is 0. The smallest absolute Gasteiger partial charge is 0.326 e. The SMILES string of the molecule is CSCCC(NC(=O)C(CC(N)=O)NC(=O)C1CCCN1)C(=O)NC(Cc1ccc(O)cc1)C(=O)O. The number of thioether (sulfide) groups is 1. The molecule has 198 valence electrons. The van der Waals surface area contributed by atoms with Gasteiger partial charge in [0, 0.05) is 6.42 Å². The maximum absolute atomic E-state index is 13.0. The molecule has 1 aliphatic rings. The highest BCUT2D eigenvalue weighted by Gasteiger charge is 2.32. The van der Waals surface area contributed by atoms with Crippen LogP contribution in [-0.2, 0) is 30.4 Å². The number of amides is 4. The monoisotopic (exact) mass is 523 g/mol. The first kappa shape index (κ1) is 28.9. The standard InChI is InChI=1S/C23H33N5O7S/c1-36-10-8-16(21(32)28-18(23(34)35)11-13-4-6-14(29)7-5-13)26-22(33)17(12-19(24)30)27-20(31)15-3-2-9-25-15/h4-7,15-18,25,29H,2-3,8-12H2,1H3,(H2,24,30)(H,26,33)(H,27,31)(H,28,32)(H,34,35). The van der Waals surface area contributed by atoms with E-state index >= 15 is 0 Å². The Morgan fingerprint density at radius 2 is 1.69 bits per heavy atom. The second-order valence-corrected chi connectivity index (χ2v) is 9.48. The van der Waals surface area contributed by atoms with Crippen molar-refractivity contribution in [3.63, 3.8) is 0 Å². The molecule has 4 atom stereocenters. The zero-order valence-corrected chi connectivity index (χ0v) is 20.8. The van der Waals surface area contributed by atoms with Gasteiger partial charge >= 0.3 is 5.97 Å². The number of primary amides is 1. The third-order valence-electron chi connectivity index (χ3n) is 5.65. The highest BCUT2D eigenvalue weighted by Crippen LogP contribution is 2.12. The minimum atomic E-state index is -1.29. The molecule has 36 heavy (non-hydrogen) atoms. The Bertz CT molecular complexity index is 937. The molecule has 1 aromatic carbocycles. The quantitative estimate of drug-likeness (QED) is 0.157. The molecule has 4 amide bonds. The van der Waals surface area contributed by atoms with E-state index in [2.05, 4.69) is 21.3 Å². The molecule has 0 saturated carbocycles. The number of hydrogen-bond acceptors (Lipinski definition) is 8. The van der Waals surface area contributed by atoms with Gasteiger partial charge in [-0.05, 0) is 55.5 Å². The van der Waals surface area contributed by atoms with Crippen LogP contribution in [0.3, 0.4) is 0 Å². The van der Waals surface area contributed by atoms with Crippen LogP contribution < -0.4 is 27.0 Å². The van der Waals surface area contributed by atoms with Crippen molar-refractivity contribution < 1.29 is 34.2 Å². The lowest BCUT2D eigenvalue weighted by molar-refractivity contribution is -0.142. The molecule has 0 bridgehead atoms. The number of aromatic hydroxyl groups is 1. The number of carbonyl (C=O) groups is 5. The number of phenolic OH excluding ortho intramolecular Hbond substituents is 1. The molecule has 12 nitrogen and oxygen atoms in total. The van der Waals surface area contributed by atoms with Crippen LogP contribution in [0.25, 0.3) is 0 Å². The molecule has 1 heterocycles. The molecule has 2 rings (SSSR count). The number of phenols is 1. The topological polar surface area (TPSA) is 200 Å². The Hall–Kier alpha value is -3.32. The molecule has 1 fully saturated rings. The van der Waals surface area contributed by atoms with Gasteiger partial charge in [-0.1, -0.05) is 12.1 Å². The number of rotatable bonds is 14. The minimum absolute atomic E-state index is 0.0239. The van der Waals surface area contributed by atoms with E-state index in [1.54, 1.807) is 12.1 Å². The van der Waals surface area contributed by atoms with E-state index in [-0.39, 0.29) is 18.6 Å². The lowest BCUT2D eigenvalue weighted by Crippen LogP contribution is -2.58. The summed E-state index contributed by atoms with van der Waals surface area (Å²) in [6.07, 6.45) is 2.89. The number of carbonyl (C=O) groups excluding carboxylic acids is 4. The summed E-state index contributed by atoms with van der Waals surface area (Å²) >= 11 is 1.43. The number of carboxylic acid groups (broad SMARTS) is 1. The molecule has 0 spiro atoms. The molecule has 1 aliphatic heterocycles. The highest BCUT2D eigenvalue weighted by molar-refractivity contribution is 7.98. The van der Waals surface area contributed by atoms with Crippen molar-refractivity contribution >= 4 is 41.4 Å². The van der Waals surface area contributed by atoms with Gasteiger partial charge < -0.3 is 37.2 Å². The number of nitrogens with one attached hydrogen (secondary N) is 4. The Labute approximate surface area is 213 Å². The van der Waals surface area contributed by atoms with Crippen molar-refractivity contribution in [1.29, 1.82) is 0 Å². The molecule has 0 radical (unpaired) electrons. The molecule has 13 heteroatoms. The summed E-state index contributed by atoms with van der Waals surface area (Å²) in [6.45, 7) is 0.663. The van der Waals surface area contributed by atoms with Gasteiger partial charge in [-0.3, -0.25) is 19.2 Å². The van der Waals surface area contributed by atoms with Crippen LogP contribution in [0.4, 0.5) is 0 Å². The number of nitrogens with two attached hydrogens (primary N) is 1. The minimum Gasteiger partial charge on any atom is -0.508 e. The predicted molar refractivity (Wildman–Crippen MR) is 133 cm³/mol. The zero-order chi connectivity index (χ0) is 26.7. The van der Waals surface area contributed by atoms with Gasteiger partial charge in [-0.25, -0.2) is 4.79 Å². The summed E-state index contributed by atoms with van der Waals surface area (Å²) in [5, 5.41) is 29.5. The summed E-state index contributed by atoms with van der Waals surface area (Å²) in [6, 6.07) is 1.74. The van der Waals surface area contributed by atoms with E-state index in [0.717, 1.165) is 6.42 Å². The maximum atomic E-state index is 13.0. The van der Waals surface area contributed by atoms with Crippen molar-refractivity contribution in [1.82, 2.24) is 21.3 Å². The van der Waals surface area contributed by atoms with Gasteiger partial charge in [-0.15, -0.1) is 0 Å². The van der Waals surface area contributed by atoms with E-state index in [9.17, 15) is 34.2 Å². The number of benzene rings is 1. The van der Waals surface area contributed by atoms with Crippen molar-refractivity contribution in [2.24, 2.45) is 5.73 Å². The van der Waals surface area contributed by atoms with Crippen LogP contribution in [0.1, 0.15) is 31.2 Å². The van der Waals surface area contributed by atoms with Gasteiger partial charge in [0.15, 0.2) is 0 Å². The van der Waals surface area contributed by atoms with Gasteiger partial charge in [0.25, 0.3) is 0 Å². The fraction of sp³-hybridized carbons (Fsp3) is 0.522. The largest absolute Gasteiger partial charge is 0.508 e. The summed E-state index contributed by atoms with van der Waals surface area (Å²) in [7, 11) is 0. The van der Waals surface area contributed by atoms with Crippen molar-refractivity contribution in [2.75, 3.05) is 18.6 Å². The van der Waals surface area contributed by atoms with Gasteiger partial charge in [0.2, 0.25) is 23.6 Å². The Morgan fingerprint density at radius 1 is 1.06 bits per heavy atom. The second kappa shape index (κ2) is 14.3. The van der Waals surface area contributed by atoms with Gasteiger partial charge in [0.05, 0.1) is 12.5 Å². The first-order valence-corrected chi connectivity index (χ1v) is 12.9. The second-order valence-electron chi connectivity index (χ2n) is 8.49. The maximum Gasteiger partial charge on any atom is 0.326 e. The van der Waals surface area contributed by atoms with E-state index in [1.807, 2.05) is 6.26 Å². The molecular weight excluding hydrogens is 490 g/mol. The Balaban J connectivity index is 2.10. The number of aliphatic carboxylic acids is 1. The third-order valence-corrected chi connectivity index (χ3v) is 6.29. The van der Waals surface area contributed by atoms with Crippen LogP contribution in [0.5, 0.6) is 5.75 Å². The molecule has 4 unspecified atom stereocenters. The van der Waals surface area contributed by atoms with Crippen LogP contribution in [0.2, 0.25) is 0 Å². The van der Waals surface area contributed by atoms with Crippen LogP contribution in [0.15, 0.2) is 24.3 Å². The molecule has 0 aromatic heterocycles. The fourth-order valence-corrected chi connectivity index (χ4v) is 4.18. The molecule has 8 N–H and O–H groups in total. The average molecular weight is 524 g/mol. The number of hydrogen-bond donors (Lipinski definition) is 7. The third kappa shape index (κ3) is 9.38. The van der Waals surface area contributed by atoms with Crippen molar-refractivity contribution in [3.05, 3.63) is 29.8 Å². The molecule has 0 aliphatic carbocycles. The highest BCUT2D eigenvalue weighted by atomic mass is 32.2. The summed E-state index contributed by atoms with van der Waals surface area (Å²) in [5.41, 5.74) is 5.84. The van der Waals surface area contributed by atoms with Crippen molar-refractivity contribution in [2.45, 2.75) is 56.3 Å². The molecule has 1 saturated heterocycles. The molecular formula is C23H33N5O7S. The summed E-state index contributed by atoms with van der Waals surface area (Å²) in [4.78, 5) is 61.8. The van der Waals surface area contributed by atoms with E-state index in [0.29, 0.717) is 24.3 Å². The zero-order valence-electron chi connectivity index (χ0n) is 20.0. The van der Waals surface area contributed by atoms with E-state index in [4.69, 9.17) is 5.73 Å².